The first kappa shape index (κ1) is 25.6. The van der Waals surface area contributed by atoms with Crippen LogP contribution in [0.5, 0.6) is 0 Å². The summed E-state index contributed by atoms with van der Waals surface area (Å²) in [6.45, 7) is 9.63. The Bertz CT molecular complexity index is 1180. The van der Waals surface area contributed by atoms with Gasteiger partial charge in [0.15, 0.2) is 0 Å². The van der Waals surface area contributed by atoms with Crippen LogP contribution in [0.1, 0.15) is 57.8 Å². The quantitative estimate of drug-likeness (QED) is 0.424. The minimum atomic E-state index is -0.586. The second-order valence-corrected chi connectivity index (χ2v) is 11.1. The predicted octanol–water partition coefficient (Wildman–Crippen LogP) is 5.02. The number of hydrogen-bond acceptors (Lipinski definition) is 7. The first-order chi connectivity index (χ1) is 16.0. The first-order valence-electron chi connectivity index (χ1n) is 10.9. The van der Waals surface area contributed by atoms with Crippen LogP contribution in [-0.2, 0) is 33.9 Å². The molecule has 34 heavy (non-hydrogen) atoms. The molecule has 1 aromatic carbocycles. The third-order valence-corrected chi connectivity index (χ3v) is 7.11. The number of amides is 2. The standard InChI is InChI=1S/C25H29N3O4S2/c1-15-16(2)34-22(28-24(31)25(3,4)5)21(15)23(30)32-13-18-14-33-20(27-18)11-19(29)26-12-17-9-7-6-8-10-17/h6-10,14H,11-13H2,1-5H3,(H,26,29)(H,28,31). The van der Waals surface area contributed by atoms with Crippen LogP contribution in [0.2, 0.25) is 0 Å². The number of carbonyl (C=O) groups is 3. The number of anilines is 1. The molecule has 9 heteroatoms. The van der Waals surface area contributed by atoms with Crippen LogP contribution in [0, 0.1) is 19.3 Å². The number of thiophene rings is 1. The molecule has 0 aliphatic carbocycles. The van der Waals surface area contributed by atoms with Crippen LogP contribution in [0.25, 0.3) is 0 Å². The van der Waals surface area contributed by atoms with Gasteiger partial charge in [0.05, 0.1) is 17.7 Å². The molecule has 0 aliphatic rings. The second-order valence-electron chi connectivity index (χ2n) is 8.94. The number of benzene rings is 1. The van der Waals surface area contributed by atoms with Crippen LogP contribution in [-0.4, -0.2) is 22.8 Å². The summed E-state index contributed by atoms with van der Waals surface area (Å²) in [6, 6.07) is 9.69. The summed E-state index contributed by atoms with van der Waals surface area (Å²) >= 11 is 2.71. The van der Waals surface area contributed by atoms with E-state index in [2.05, 4.69) is 15.6 Å². The van der Waals surface area contributed by atoms with Gasteiger partial charge >= 0.3 is 5.97 Å². The summed E-state index contributed by atoms with van der Waals surface area (Å²) in [5.74, 6) is -0.802. The molecule has 180 valence electrons. The van der Waals surface area contributed by atoms with Crippen molar-refractivity contribution in [3.63, 3.8) is 0 Å². The number of nitrogens with one attached hydrogen (secondary N) is 2. The monoisotopic (exact) mass is 499 g/mol. The molecule has 0 spiro atoms. The second kappa shape index (κ2) is 10.9. The number of thiazole rings is 1. The molecule has 3 rings (SSSR count). The molecule has 2 heterocycles. The minimum Gasteiger partial charge on any atom is -0.455 e. The third kappa shape index (κ3) is 6.74. The molecule has 0 atom stereocenters. The molecule has 0 unspecified atom stereocenters. The number of aromatic nitrogens is 1. The van der Waals surface area contributed by atoms with Gasteiger partial charge in [0.2, 0.25) is 11.8 Å². The van der Waals surface area contributed by atoms with E-state index >= 15 is 0 Å². The molecule has 0 fully saturated rings. The van der Waals surface area contributed by atoms with E-state index in [0.717, 1.165) is 16.0 Å². The molecule has 0 radical (unpaired) electrons. The van der Waals surface area contributed by atoms with Crippen molar-refractivity contribution in [1.82, 2.24) is 10.3 Å². The highest BCUT2D eigenvalue weighted by Crippen LogP contribution is 2.34. The minimum absolute atomic E-state index is 0.0119. The zero-order valence-electron chi connectivity index (χ0n) is 20.0. The Morgan fingerprint density at radius 1 is 1.09 bits per heavy atom. The molecular formula is C25H29N3O4S2. The Morgan fingerprint density at radius 3 is 2.47 bits per heavy atom. The van der Waals surface area contributed by atoms with Crippen molar-refractivity contribution in [3.05, 3.63) is 68.0 Å². The van der Waals surface area contributed by atoms with Crippen LogP contribution < -0.4 is 10.6 Å². The number of nitrogens with zero attached hydrogens (tertiary/aromatic N) is 1. The van der Waals surface area contributed by atoms with E-state index in [9.17, 15) is 14.4 Å². The molecule has 3 aromatic rings. The van der Waals surface area contributed by atoms with Gasteiger partial charge in [-0.25, -0.2) is 9.78 Å². The van der Waals surface area contributed by atoms with E-state index in [1.165, 1.54) is 22.7 Å². The van der Waals surface area contributed by atoms with Gasteiger partial charge in [-0.1, -0.05) is 51.1 Å². The van der Waals surface area contributed by atoms with Crippen molar-refractivity contribution in [2.45, 2.75) is 54.2 Å². The maximum absolute atomic E-state index is 12.9. The number of hydrogen-bond donors (Lipinski definition) is 2. The Hall–Kier alpha value is -3.04. The van der Waals surface area contributed by atoms with Crippen molar-refractivity contribution < 1.29 is 19.1 Å². The number of carbonyl (C=O) groups excluding carboxylic acids is 3. The lowest BCUT2D eigenvalue weighted by Gasteiger charge is -2.17. The Morgan fingerprint density at radius 2 is 1.79 bits per heavy atom. The van der Waals surface area contributed by atoms with E-state index in [-0.39, 0.29) is 24.8 Å². The van der Waals surface area contributed by atoms with Gasteiger partial charge < -0.3 is 15.4 Å². The van der Waals surface area contributed by atoms with Crippen molar-refractivity contribution in [2.75, 3.05) is 5.32 Å². The summed E-state index contributed by atoms with van der Waals surface area (Å²) in [5.41, 5.74) is 2.18. The van der Waals surface area contributed by atoms with E-state index in [1.54, 1.807) is 5.38 Å². The molecule has 0 aliphatic heterocycles. The summed E-state index contributed by atoms with van der Waals surface area (Å²) < 4.78 is 5.50. The highest BCUT2D eigenvalue weighted by molar-refractivity contribution is 7.16. The van der Waals surface area contributed by atoms with E-state index < -0.39 is 11.4 Å². The van der Waals surface area contributed by atoms with Crippen molar-refractivity contribution in [2.24, 2.45) is 5.41 Å². The van der Waals surface area contributed by atoms with Gasteiger partial charge in [-0.2, -0.15) is 0 Å². The van der Waals surface area contributed by atoms with E-state index in [1.807, 2.05) is 65.0 Å². The van der Waals surface area contributed by atoms with Gasteiger partial charge in [-0.05, 0) is 25.0 Å². The number of aryl methyl sites for hydroxylation is 1. The van der Waals surface area contributed by atoms with Crippen molar-refractivity contribution in [1.29, 1.82) is 0 Å². The lowest BCUT2D eigenvalue weighted by atomic mass is 9.96. The molecule has 0 saturated carbocycles. The van der Waals surface area contributed by atoms with Crippen LogP contribution >= 0.6 is 22.7 Å². The number of ether oxygens (including phenoxy) is 1. The average molecular weight is 500 g/mol. The van der Waals surface area contributed by atoms with Crippen molar-refractivity contribution in [3.8, 4) is 0 Å². The zero-order valence-corrected chi connectivity index (χ0v) is 21.6. The SMILES string of the molecule is Cc1sc(NC(=O)C(C)(C)C)c(C(=O)OCc2csc(CC(=O)NCc3ccccc3)n2)c1C. The van der Waals surface area contributed by atoms with Crippen LogP contribution in [0.3, 0.4) is 0 Å². The molecule has 2 aromatic heterocycles. The van der Waals surface area contributed by atoms with Crippen LogP contribution in [0.15, 0.2) is 35.7 Å². The fourth-order valence-corrected chi connectivity index (χ4v) is 4.78. The van der Waals surface area contributed by atoms with Gasteiger partial charge in [-0.3, -0.25) is 9.59 Å². The summed E-state index contributed by atoms with van der Waals surface area (Å²) in [7, 11) is 0. The predicted molar refractivity (Wildman–Crippen MR) is 135 cm³/mol. The molecule has 7 nitrogen and oxygen atoms in total. The van der Waals surface area contributed by atoms with Gasteiger partial charge in [0, 0.05) is 22.2 Å². The molecule has 0 saturated heterocycles. The fourth-order valence-electron chi connectivity index (χ4n) is 2.96. The topological polar surface area (TPSA) is 97.4 Å². The summed E-state index contributed by atoms with van der Waals surface area (Å²) in [5, 5.41) is 8.66. The fraction of sp³-hybridized carbons (Fsp3) is 0.360. The highest BCUT2D eigenvalue weighted by atomic mass is 32.1. The third-order valence-electron chi connectivity index (χ3n) is 5.09. The van der Waals surface area contributed by atoms with E-state index in [0.29, 0.717) is 27.8 Å². The summed E-state index contributed by atoms with van der Waals surface area (Å²) in [4.78, 5) is 42.9. The van der Waals surface area contributed by atoms with Crippen LogP contribution in [0.4, 0.5) is 5.00 Å². The lowest BCUT2D eigenvalue weighted by Crippen LogP contribution is -2.28. The highest BCUT2D eigenvalue weighted by Gasteiger charge is 2.27. The smallest absolute Gasteiger partial charge is 0.341 e. The van der Waals surface area contributed by atoms with E-state index in [4.69, 9.17) is 4.74 Å². The average Bonchev–Trinajstić information content (AvgIpc) is 3.34. The van der Waals surface area contributed by atoms with Crippen molar-refractivity contribution >= 4 is 45.5 Å². The Balaban J connectivity index is 1.57. The Labute approximate surface area is 207 Å². The molecule has 2 amide bonds. The van der Waals surface area contributed by atoms with Gasteiger partial charge in [-0.15, -0.1) is 22.7 Å². The largest absolute Gasteiger partial charge is 0.455 e. The Kier molecular flexibility index (Phi) is 8.22. The maximum atomic E-state index is 12.9. The van der Waals surface area contributed by atoms with Gasteiger partial charge in [0.1, 0.15) is 16.6 Å². The zero-order chi connectivity index (χ0) is 24.9. The summed E-state index contributed by atoms with van der Waals surface area (Å²) in [6.07, 6.45) is 0.164. The molecule has 0 bridgehead atoms. The molecular weight excluding hydrogens is 470 g/mol. The first-order valence-corrected chi connectivity index (χ1v) is 12.6. The maximum Gasteiger partial charge on any atom is 0.341 e. The van der Waals surface area contributed by atoms with Gasteiger partial charge in [0.25, 0.3) is 0 Å². The molecule has 2 N–H and O–H groups in total. The lowest BCUT2D eigenvalue weighted by molar-refractivity contribution is -0.123. The normalized spacial score (nSPS) is 11.2. The number of esters is 1. The number of rotatable bonds is 8.